The molecular formula is C23H19BrN2O4. The van der Waals surface area contributed by atoms with E-state index in [1.165, 1.54) is 0 Å². The number of anilines is 2. The Labute approximate surface area is 182 Å². The molecule has 0 aromatic heterocycles. The van der Waals surface area contributed by atoms with Crippen LogP contribution in [0.4, 0.5) is 11.4 Å². The Balaban J connectivity index is 1.49. The van der Waals surface area contributed by atoms with Crippen molar-refractivity contribution in [2.75, 3.05) is 10.6 Å². The Morgan fingerprint density at radius 3 is 2.80 bits per heavy atom. The predicted molar refractivity (Wildman–Crippen MR) is 118 cm³/mol. The molecule has 1 aliphatic rings. The summed E-state index contributed by atoms with van der Waals surface area (Å²) in [6.45, 7) is 2.02. The van der Waals surface area contributed by atoms with Gasteiger partial charge in [0.25, 0.3) is 11.8 Å². The van der Waals surface area contributed by atoms with Crippen molar-refractivity contribution in [2.24, 2.45) is 0 Å². The fourth-order valence-electron chi connectivity index (χ4n) is 3.05. The first kappa shape index (κ1) is 20.0. The molecule has 7 heteroatoms. The zero-order chi connectivity index (χ0) is 21.1. The van der Waals surface area contributed by atoms with Gasteiger partial charge in [0.2, 0.25) is 0 Å². The van der Waals surface area contributed by atoms with Crippen LogP contribution in [0.3, 0.4) is 0 Å². The average Bonchev–Trinajstić information content (AvgIpc) is 2.73. The van der Waals surface area contributed by atoms with Crippen LogP contribution in [0, 0.1) is 0 Å². The number of hydrogen-bond donors (Lipinski definition) is 2. The van der Waals surface area contributed by atoms with E-state index in [4.69, 9.17) is 9.47 Å². The molecule has 0 saturated carbocycles. The van der Waals surface area contributed by atoms with Crippen molar-refractivity contribution in [3.8, 4) is 11.5 Å². The van der Waals surface area contributed by atoms with Gasteiger partial charge < -0.3 is 20.1 Å². The van der Waals surface area contributed by atoms with Crippen molar-refractivity contribution in [1.82, 2.24) is 0 Å². The Hall–Kier alpha value is -3.32. The highest BCUT2D eigenvalue weighted by Gasteiger charge is 2.24. The first-order valence-corrected chi connectivity index (χ1v) is 10.2. The molecule has 0 bridgehead atoms. The molecule has 1 unspecified atom stereocenters. The molecule has 0 spiro atoms. The molecule has 0 radical (unpaired) electrons. The lowest BCUT2D eigenvalue weighted by Crippen LogP contribution is -2.34. The van der Waals surface area contributed by atoms with Crippen LogP contribution < -0.4 is 20.1 Å². The number of benzene rings is 3. The van der Waals surface area contributed by atoms with Gasteiger partial charge in [-0.3, -0.25) is 9.59 Å². The molecule has 0 fully saturated rings. The van der Waals surface area contributed by atoms with Crippen molar-refractivity contribution in [3.05, 3.63) is 82.3 Å². The summed E-state index contributed by atoms with van der Waals surface area (Å²) >= 11 is 3.44. The summed E-state index contributed by atoms with van der Waals surface area (Å²) < 4.78 is 12.4. The van der Waals surface area contributed by atoms with Gasteiger partial charge in [-0.05, 0) is 55.0 Å². The maximum atomic E-state index is 12.9. The van der Waals surface area contributed by atoms with Crippen LogP contribution in [0.15, 0.2) is 71.2 Å². The van der Waals surface area contributed by atoms with Gasteiger partial charge in [-0.1, -0.05) is 40.2 Å². The molecule has 1 heterocycles. The number of fused-ring (bicyclic) bond motifs is 1. The summed E-state index contributed by atoms with van der Waals surface area (Å²) in [6, 6.07) is 20.0. The normalized spacial score (nSPS) is 14.9. The molecule has 4 rings (SSSR count). The molecule has 0 saturated heterocycles. The number of carbonyl (C=O) groups excluding carboxylic acids is 2. The fourth-order valence-corrected chi connectivity index (χ4v) is 3.50. The Kier molecular flexibility index (Phi) is 5.72. The lowest BCUT2D eigenvalue weighted by Gasteiger charge is -2.23. The standard InChI is InChI=1S/C23H19BrN2O4/c1-14-22(27)26-19-12-17(9-10-21(19)30-14)25-23(28)18-7-2-3-8-20(18)29-13-15-5-4-6-16(24)11-15/h2-12,14H,13H2,1H3,(H,25,28)(H,26,27). The number of para-hydroxylation sites is 1. The highest BCUT2D eigenvalue weighted by Crippen LogP contribution is 2.32. The Bertz CT molecular complexity index is 1120. The Morgan fingerprint density at radius 1 is 1.13 bits per heavy atom. The third-order valence-electron chi connectivity index (χ3n) is 4.58. The maximum absolute atomic E-state index is 12.9. The number of carbonyl (C=O) groups is 2. The second-order valence-electron chi connectivity index (χ2n) is 6.83. The molecule has 3 aromatic carbocycles. The number of halogens is 1. The second-order valence-corrected chi connectivity index (χ2v) is 7.74. The van der Waals surface area contributed by atoms with Crippen LogP contribution in [0.25, 0.3) is 0 Å². The van der Waals surface area contributed by atoms with Crippen LogP contribution >= 0.6 is 15.9 Å². The third-order valence-corrected chi connectivity index (χ3v) is 5.08. The predicted octanol–water partition coefficient (Wildman–Crippen LogP) is 5.00. The first-order chi connectivity index (χ1) is 14.5. The number of ether oxygens (including phenoxy) is 2. The van der Waals surface area contributed by atoms with Gasteiger partial charge >= 0.3 is 0 Å². The second kappa shape index (κ2) is 8.59. The lowest BCUT2D eigenvalue weighted by molar-refractivity contribution is -0.122. The zero-order valence-electron chi connectivity index (χ0n) is 16.1. The summed E-state index contributed by atoms with van der Waals surface area (Å²) in [4.78, 5) is 24.7. The summed E-state index contributed by atoms with van der Waals surface area (Å²) in [6.07, 6.45) is -0.549. The van der Waals surface area contributed by atoms with E-state index in [0.717, 1.165) is 10.0 Å². The molecule has 0 aliphatic carbocycles. The monoisotopic (exact) mass is 466 g/mol. The summed E-state index contributed by atoms with van der Waals surface area (Å²) in [5.74, 6) is 0.518. The van der Waals surface area contributed by atoms with Crippen molar-refractivity contribution < 1.29 is 19.1 Å². The Morgan fingerprint density at radius 2 is 1.97 bits per heavy atom. The summed E-state index contributed by atoms with van der Waals surface area (Å²) in [7, 11) is 0. The SMILES string of the molecule is CC1Oc2ccc(NC(=O)c3ccccc3OCc3cccc(Br)c3)cc2NC1=O. The lowest BCUT2D eigenvalue weighted by atomic mass is 10.1. The van der Waals surface area contributed by atoms with E-state index in [2.05, 4.69) is 26.6 Å². The third kappa shape index (κ3) is 4.46. The number of amides is 2. The summed E-state index contributed by atoms with van der Waals surface area (Å²) in [5, 5.41) is 5.62. The fraction of sp³-hybridized carbons (Fsp3) is 0.130. The van der Waals surface area contributed by atoms with Crippen molar-refractivity contribution >= 4 is 39.1 Å². The van der Waals surface area contributed by atoms with Crippen molar-refractivity contribution in [2.45, 2.75) is 19.6 Å². The molecular weight excluding hydrogens is 448 g/mol. The average molecular weight is 467 g/mol. The summed E-state index contributed by atoms with van der Waals surface area (Å²) in [5.41, 5.74) is 2.47. The molecule has 1 atom stereocenters. The van der Waals surface area contributed by atoms with E-state index in [0.29, 0.717) is 35.0 Å². The molecule has 2 amide bonds. The van der Waals surface area contributed by atoms with E-state index in [1.807, 2.05) is 30.3 Å². The minimum absolute atomic E-state index is 0.225. The molecule has 3 aromatic rings. The van der Waals surface area contributed by atoms with Gasteiger partial charge in [0.15, 0.2) is 6.10 Å². The van der Waals surface area contributed by atoms with Gasteiger partial charge in [0, 0.05) is 10.2 Å². The van der Waals surface area contributed by atoms with E-state index in [1.54, 1.807) is 43.3 Å². The smallest absolute Gasteiger partial charge is 0.265 e. The minimum Gasteiger partial charge on any atom is -0.488 e. The quantitative estimate of drug-likeness (QED) is 0.554. The van der Waals surface area contributed by atoms with Gasteiger partial charge in [-0.15, -0.1) is 0 Å². The topological polar surface area (TPSA) is 76.7 Å². The van der Waals surface area contributed by atoms with Gasteiger partial charge in [-0.25, -0.2) is 0 Å². The highest BCUT2D eigenvalue weighted by atomic mass is 79.9. The van der Waals surface area contributed by atoms with Crippen molar-refractivity contribution in [1.29, 1.82) is 0 Å². The largest absolute Gasteiger partial charge is 0.488 e. The molecule has 30 heavy (non-hydrogen) atoms. The first-order valence-electron chi connectivity index (χ1n) is 9.39. The molecule has 2 N–H and O–H groups in total. The number of nitrogens with one attached hydrogen (secondary N) is 2. The van der Waals surface area contributed by atoms with Crippen LogP contribution in [-0.2, 0) is 11.4 Å². The van der Waals surface area contributed by atoms with Gasteiger partial charge in [0.1, 0.15) is 18.1 Å². The molecule has 1 aliphatic heterocycles. The van der Waals surface area contributed by atoms with Crippen molar-refractivity contribution in [3.63, 3.8) is 0 Å². The van der Waals surface area contributed by atoms with E-state index in [-0.39, 0.29) is 11.8 Å². The van der Waals surface area contributed by atoms with Gasteiger partial charge in [-0.2, -0.15) is 0 Å². The van der Waals surface area contributed by atoms with Gasteiger partial charge in [0.05, 0.1) is 11.3 Å². The minimum atomic E-state index is -0.549. The van der Waals surface area contributed by atoms with E-state index in [9.17, 15) is 9.59 Å². The van der Waals surface area contributed by atoms with Crippen LogP contribution in [0.5, 0.6) is 11.5 Å². The molecule has 6 nitrogen and oxygen atoms in total. The van der Waals surface area contributed by atoms with E-state index < -0.39 is 6.10 Å². The number of rotatable bonds is 5. The maximum Gasteiger partial charge on any atom is 0.265 e. The van der Waals surface area contributed by atoms with Crippen LogP contribution in [-0.4, -0.2) is 17.9 Å². The van der Waals surface area contributed by atoms with Crippen LogP contribution in [0.2, 0.25) is 0 Å². The molecule has 152 valence electrons. The highest BCUT2D eigenvalue weighted by molar-refractivity contribution is 9.10. The van der Waals surface area contributed by atoms with E-state index >= 15 is 0 Å². The zero-order valence-corrected chi connectivity index (χ0v) is 17.7. The van der Waals surface area contributed by atoms with Crippen LogP contribution in [0.1, 0.15) is 22.8 Å². The number of hydrogen-bond acceptors (Lipinski definition) is 4.